The molecule has 3 rings (SSSR count). The van der Waals surface area contributed by atoms with Gasteiger partial charge in [-0.2, -0.15) is 5.10 Å². The standard InChI is InChI=1S/C20H21N3O4S2/c1-20(28-9-10-29-20)12-19(24)22-21-13-16-3-2-4-18(11-16)27-14-15-5-7-17(8-6-15)23(25)26/h2-8,11,13H,9-10,12,14H2,1H3,(H,22,24). The number of non-ortho nitro benzene ring substituents is 1. The Labute approximate surface area is 177 Å². The molecule has 9 heteroatoms. The van der Waals surface area contributed by atoms with E-state index < -0.39 is 4.92 Å². The molecular formula is C20H21N3O4S2. The van der Waals surface area contributed by atoms with Crippen molar-refractivity contribution in [2.75, 3.05) is 11.5 Å². The van der Waals surface area contributed by atoms with Gasteiger partial charge in [-0.15, -0.1) is 23.5 Å². The lowest BCUT2D eigenvalue weighted by molar-refractivity contribution is -0.384. The van der Waals surface area contributed by atoms with E-state index in [9.17, 15) is 14.9 Å². The molecule has 7 nitrogen and oxygen atoms in total. The van der Waals surface area contributed by atoms with E-state index >= 15 is 0 Å². The number of hydrogen-bond donors (Lipinski definition) is 1. The van der Waals surface area contributed by atoms with Crippen LogP contribution in [0.5, 0.6) is 5.75 Å². The minimum absolute atomic E-state index is 0.0492. The molecule has 0 radical (unpaired) electrons. The summed E-state index contributed by atoms with van der Waals surface area (Å²) in [5, 5.41) is 14.7. The molecule has 1 aliphatic rings. The minimum Gasteiger partial charge on any atom is -0.489 e. The summed E-state index contributed by atoms with van der Waals surface area (Å²) in [6, 6.07) is 13.6. The Bertz CT molecular complexity index is 897. The Morgan fingerprint density at radius 1 is 1.28 bits per heavy atom. The number of nitro groups is 1. The van der Waals surface area contributed by atoms with Gasteiger partial charge in [0.1, 0.15) is 12.4 Å². The zero-order chi connectivity index (χ0) is 20.7. The van der Waals surface area contributed by atoms with Crippen LogP contribution in [0, 0.1) is 10.1 Å². The highest BCUT2D eigenvalue weighted by Crippen LogP contribution is 2.45. The number of carbonyl (C=O) groups is 1. The summed E-state index contributed by atoms with van der Waals surface area (Å²) in [6.07, 6.45) is 2.01. The molecule has 0 unspecified atom stereocenters. The topological polar surface area (TPSA) is 93.8 Å². The minimum atomic E-state index is -0.433. The van der Waals surface area contributed by atoms with Gasteiger partial charge in [-0.3, -0.25) is 14.9 Å². The first kappa shape index (κ1) is 21.2. The van der Waals surface area contributed by atoms with Gasteiger partial charge in [0.2, 0.25) is 5.91 Å². The molecule has 0 bridgehead atoms. The predicted octanol–water partition coefficient (Wildman–Crippen LogP) is 4.21. The molecule has 1 heterocycles. The Morgan fingerprint density at radius 3 is 2.69 bits per heavy atom. The molecule has 0 aliphatic carbocycles. The Kier molecular flexibility index (Phi) is 7.16. The van der Waals surface area contributed by atoms with Crippen molar-refractivity contribution in [3.63, 3.8) is 0 Å². The summed E-state index contributed by atoms with van der Waals surface area (Å²) in [5.74, 6) is 2.69. The van der Waals surface area contributed by atoms with Crippen molar-refractivity contribution in [3.8, 4) is 5.75 Å². The highest BCUT2D eigenvalue weighted by molar-refractivity contribution is 8.21. The lowest BCUT2D eigenvalue weighted by atomic mass is 10.2. The maximum atomic E-state index is 12.1. The van der Waals surface area contributed by atoms with Crippen LogP contribution in [-0.2, 0) is 11.4 Å². The number of hydrazone groups is 1. The van der Waals surface area contributed by atoms with Crippen LogP contribution < -0.4 is 10.2 Å². The number of rotatable bonds is 8. The van der Waals surface area contributed by atoms with E-state index in [4.69, 9.17) is 4.74 Å². The van der Waals surface area contributed by atoms with Crippen LogP contribution in [-0.4, -0.2) is 32.6 Å². The van der Waals surface area contributed by atoms with E-state index in [0.29, 0.717) is 18.8 Å². The van der Waals surface area contributed by atoms with Crippen LogP contribution >= 0.6 is 23.5 Å². The molecule has 1 aliphatic heterocycles. The lowest BCUT2D eigenvalue weighted by Crippen LogP contribution is -2.26. The predicted molar refractivity (Wildman–Crippen MR) is 118 cm³/mol. The third-order valence-electron chi connectivity index (χ3n) is 4.19. The first-order valence-electron chi connectivity index (χ1n) is 9.00. The van der Waals surface area contributed by atoms with Gasteiger partial charge < -0.3 is 4.74 Å². The number of thioether (sulfide) groups is 2. The fraction of sp³-hybridized carbons (Fsp3) is 0.300. The zero-order valence-electron chi connectivity index (χ0n) is 15.9. The highest BCUT2D eigenvalue weighted by Gasteiger charge is 2.32. The van der Waals surface area contributed by atoms with E-state index in [-0.39, 0.29) is 15.7 Å². The molecule has 1 fully saturated rings. The second kappa shape index (κ2) is 9.80. The van der Waals surface area contributed by atoms with Gasteiger partial charge >= 0.3 is 0 Å². The number of nitro benzene ring substituents is 1. The van der Waals surface area contributed by atoms with Gasteiger partial charge in [-0.25, -0.2) is 5.43 Å². The highest BCUT2D eigenvalue weighted by atomic mass is 32.2. The summed E-state index contributed by atoms with van der Waals surface area (Å²) in [5.41, 5.74) is 4.26. The summed E-state index contributed by atoms with van der Waals surface area (Å²) >= 11 is 3.62. The van der Waals surface area contributed by atoms with Crippen LogP contribution in [0.3, 0.4) is 0 Å². The van der Waals surface area contributed by atoms with E-state index in [1.165, 1.54) is 12.1 Å². The second-order valence-electron chi connectivity index (χ2n) is 6.59. The Morgan fingerprint density at radius 2 is 2.00 bits per heavy atom. The van der Waals surface area contributed by atoms with Gasteiger partial charge in [0.05, 0.1) is 21.6 Å². The molecule has 1 saturated heterocycles. The van der Waals surface area contributed by atoms with Gasteiger partial charge in [0.15, 0.2) is 0 Å². The second-order valence-corrected chi connectivity index (χ2v) is 10.0. The summed E-state index contributed by atoms with van der Waals surface area (Å²) in [6.45, 7) is 2.38. The quantitative estimate of drug-likeness (QED) is 0.382. The first-order chi connectivity index (χ1) is 13.9. The van der Waals surface area contributed by atoms with Crippen LogP contribution in [0.25, 0.3) is 0 Å². The maximum absolute atomic E-state index is 12.1. The molecule has 0 aromatic heterocycles. The van der Waals surface area contributed by atoms with E-state index in [2.05, 4.69) is 17.5 Å². The third-order valence-corrected chi connectivity index (χ3v) is 7.49. The monoisotopic (exact) mass is 431 g/mol. The van der Waals surface area contributed by atoms with Crippen LogP contribution in [0.1, 0.15) is 24.5 Å². The number of ether oxygens (including phenoxy) is 1. The molecule has 1 N–H and O–H groups in total. The summed E-state index contributed by atoms with van der Waals surface area (Å²) in [7, 11) is 0. The average Bonchev–Trinajstić information content (AvgIpc) is 3.13. The van der Waals surface area contributed by atoms with Crippen LogP contribution in [0.15, 0.2) is 53.6 Å². The van der Waals surface area contributed by atoms with Crippen molar-refractivity contribution in [2.24, 2.45) is 5.10 Å². The SMILES string of the molecule is CC1(CC(=O)NN=Cc2cccc(OCc3ccc([N+](=O)[O-])cc3)c2)SCCS1. The van der Waals surface area contributed by atoms with Gasteiger partial charge in [-0.1, -0.05) is 12.1 Å². The average molecular weight is 432 g/mol. The van der Waals surface area contributed by atoms with Gasteiger partial charge in [-0.05, 0) is 42.3 Å². The molecular weight excluding hydrogens is 410 g/mol. The third kappa shape index (κ3) is 6.50. The molecule has 1 amide bonds. The Hall–Kier alpha value is -2.52. The molecule has 0 saturated carbocycles. The van der Waals surface area contributed by atoms with Crippen molar-refractivity contribution in [1.29, 1.82) is 0 Å². The van der Waals surface area contributed by atoms with E-state index in [0.717, 1.165) is 22.6 Å². The lowest BCUT2D eigenvalue weighted by Gasteiger charge is -2.19. The van der Waals surface area contributed by atoms with Crippen molar-refractivity contribution >= 4 is 41.3 Å². The molecule has 29 heavy (non-hydrogen) atoms. The fourth-order valence-corrected chi connectivity index (χ4v) is 5.56. The summed E-state index contributed by atoms with van der Waals surface area (Å²) < 4.78 is 5.67. The maximum Gasteiger partial charge on any atom is 0.269 e. The largest absolute Gasteiger partial charge is 0.489 e. The van der Waals surface area contributed by atoms with Crippen molar-refractivity contribution in [2.45, 2.75) is 24.0 Å². The van der Waals surface area contributed by atoms with Gasteiger partial charge in [0, 0.05) is 23.6 Å². The first-order valence-corrected chi connectivity index (χ1v) is 11.0. The van der Waals surface area contributed by atoms with Crippen molar-refractivity contribution in [1.82, 2.24) is 5.43 Å². The summed E-state index contributed by atoms with van der Waals surface area (Å²) in [4.78, 5) is 22.3. The van der Waals surface area contributed by atoms with Crippen molar-refractivity contribution < 1.29 is 14.5 Å². The molecule has 2 aromatic rings. The van der Waals surface area contributed by atoms with E-state index in [1.807, 2.05) is 47.8 Å². The number of carbonyl (C=O) groups excluding carboxylic acids is 1. The van der Waals surface area contributed by atoms with Crippen molar-refractivity contribution in [3.05, 3.63) is 69.8 Å². The molecule has 0 spiro atoms. The number of hydrogen-bond acceptors (Lipinski definition) is 7. The molecule has 2 aromatic carbocycles. The Balaban J connectivity index is 1.50. The normalized spacial score (nSPS) is 15.3. The van der Waals surface area contributed by atoms with Gasteiger partial charge in [0.25, 0.3) is 5.69 Å². The smallest absolute Gasteiger partial charge is 0.269 e. The number of nitrogens with one attached hydrogen (secondary N) is 1. The zero-order valence-corrected chi connectivity index (χ0v) is 17.5. The van der Waals surface area contributed by atoms with Crippen LogP contribution in [0.2, 0.25) is 0 Å². The van der Waals surface area contributed by atoms with E-state index in [1.54, 1.807) is 18.3 Å². The van der Waals surface area contributed by atoms with Crippen LogP contribution in [0.4, 0.5) is 5.69 Å². The number of benzene rings is 2. The molecule has 0 atom stereocenters. The number of nitrogens with zero attached hydrogens (tertiary/aromatic N) is 2. The fourth-order valence-electron chi connectivity index (χ4n) is 2.73. The molecule has 152 valence electrons. The number of amides is 1.